The molecular formula is C10H7N5O4S. The maximum Gasteiger partial charge on any atom is 0.353 e. The van der Waals surface area contributed by atoms with Crippen molar-refractivity contribution in [3.63, 3.8) is 0 Å². The van der Waals surface area contributed by atoms with Gasteiger partial charge in [0.15, 0.2) is 11.5 Å². The zero-order valence-electron chi connectivity index (χ0n) is 9.73. The van der Waals surface area contributed by atoms with Crippen LogP contribution in [0.25, 0.3) is 0 Å². The summed E-state index contributed by atoms with van der Waals surface area (Å²) in [6.07, 6.45) is 1.29. The molecule has 0 fully saturated rings. The molecule has 9 nitrogen and oxygen atoms in total. The number of hydrogen-bond acceptors (Lipinski definition) is 6. The summed E-state index contributed by atoms with van der Waals surface area (Å²) < 4.78 is 26.2. The summed E-state index contributed by atoms with van der Waals surface area (Å²) in [7, 11) is -4.08. The van der Waals surface area contributed by atoms with Crippen molar-refractivity contribution < 1.29 is 18.3 Å². The van der Waals surface area contributed by atoms with E-state index in [9.17, 15) is 13.2 Å². The Kier molecular flexibility index (Phi) is 3.36. The fraction of sp³-hybridized carbons (Fsp3) is 0. The lowest BCUT2D eigenvalue weighted by atomic mass is 10.4. The second-order valence-corrected chi connectivity index (χ2v) is 5.19. The van der Waals surface area contributed by atoms with Gasteiger partial charge in [0.25, 0.3) is 10.0 Å². The monoisotopic (exact) mass is 293 g/mol. The number of aromatic nitrogens is 3. The Morgan fingerprint density at radius 2 is 2.25 bits per heavy atom. The number of carbonyl (C=O) groups is 1. The highest BCUT2D eigenvalue weighted by Crippen LogP contribution is 2.16. The van der Waals surface area contributed by atoms with Crippen LogP contribution in [-0.2, 0) is 10.0 Å². The number of carboxylic acid groups (broad SMARTS) is 1. The van der Waals surface area contributed by atoms with Crippen LogP contribution in [0.1, 0.15) is 16.2 Å². The highest BCUT2D eigenvalue weighted by molar-refractivity contribution is 7.92. The third-order valence-corrected chi connectivity index (χ3v) is 3.60. The van der Waals surface area contributed by atoms with E-state index in [0.717, 1.165) is 6.07 Å². The Morgan fingerprint density at radius 3 is 2.85 bits per heavy atom. The molecule has 0 bridgehead atoms. The number of nitrogens with zero attached hydrogens (tertiary/aromatic N) is 3. The highest BCUT2D eigenvalue weighted by Gasteiger charge is 2.21. The van der Waals surface area contributed by atoms with Gasteiger partial charge in [-0.3, -0.25) is 9.82 Å². The minimum Gasteiger partial charge on any atom is -0.477 e. The zero-order chi connectivity index (χ0) is 14.8. The molecule has 2 aromatic rings. The summed E-state index contributed by atoms with van der Waals surface area (Å²) in [5, 5.41) is 23.2. The zero-order valence-corrected chi connectivity index (χ0v) is 10.5. The van der Waals surface area contributed by atoms with Crippen molar-refractivity contribution in [3.05, 3.63) is 35.8 Å². The number of pyridine rings is 1. The summed E-state index contributed by atoms with van der Waals surface area (Å²) in [4.78, 5) is 14.0. The van der Waals surface area contributed by atoms with Gasteiger partial charge in [-0.2, -0.15) is 10.4 Å². The van der Waals surface area contributed by atoms with Crippen molar-refractivity contribution in [3.8, 4) is 6.07 Å². The smallest absolute Gasteiger partial charge is 0.353 e. The maximum atomic E-state index is 12.1. The predicted molar refractivity (Wildman–Crippen MR) is 65.3 cm³/mol. The normalized spacial score (nSPS) is 10.8. The Bertz CT molecular complexity index is 805. The minimum absolute atomic E-state index is 0.199. The summed E-state index contributed by atoms with van der Waals surface area (Å²) in [6, 6.07) is 5.25. The van der Waals surface area contributed by atoms with Crippen molar-refractivity contribution in [1.82, 2.24) is 15.2 Å². The first-order chi connectivity index (χ1) is 9.44. The molecule has 2 rings (SSSR count). The van der Waals surface area contributed by atoms with E-state index in [4.69, 9.17) is 10.4 Å². The quantitative estimate of drug-likeness (QED) is 0.727. The molecule has 0 radical (unpaired) electrons. The van der Waals surface area contributed by atoms with Gasteiger partial charge in [-0.05, 0) is 12.1 Å². The average Bonchev–Trinajstić information content (AvgIpc) is 2.86. The lowest BCUT2D eigenvalue weighted by Crippen LogP contribution is -2.15. The number of nitrogens with one attached hydrogen (secondary N) is 2. The van der Waals surface area contributed by atoms with Gasteiger partial charge < -0.3 is 5.11 Å². The fourth-order valence-corrected chi connectivity index (χ4v) is 2.47. The number of hydrogen-bond donors (Lipinski definition) is 3. The Hall–Kier alpha value is -2.93. The Labute approximate surface area is 112 Å². The van der Waals surface area contributed by atoms with Crippen LogP contribution < -0.4 is 4.72 Å². The van der Waals surface area contributed by atoms with E-state index >= 15 is 0 Å². The number of H-pyrrole nitrogens is 1. The van der Waals surface area contributed by atoms with Crippen molar-refractivity contribution in [2.45, 2.75) is 4.90 Å². The molecule has 2 heterocycles. The van der Waals surface area contributed by atoms with Crippen LogP contribution in [-0.4, -0.2) is 34.7 Å². The van der Waals surface area contributed by atoms with E-state index in [1.54, 1.807) is 6.07 Å². The molecule has 0 atom stereocenters. The lowest BCUT2D eigenvalue weighted by Gasteiger charge is -2.05. The molecule has 0 aromatic carbocycles. The molecule has 0 aliphatic heterocycles. The number of rotatable bonds is 4. The summed E-state index contributed by atoms with van der Waals surface area (Å²) in [6.45, 7) is 0. The van der Waals surface area contributed by atoms with E-state index in [-0.39, 0.29) is 22.1 Å². The van der Waals surface area contributed by atoms with Crippen LogP contribution >= 0.6 is 0 Å². The summed E-state index contributed by atoms with van der Waals surface area (Å²) in [5.41, 5.74) is -0.539. The first-order valence-corrected chi connectivity index (χ1v) is 6.59. The van der Waals surface area contributed by atoms with Gasteiger partial charge in [0.2, 0.25) is 0 Å². The first-order valence-electron chi connectivity index (χ1n) is 5.10. The topological polar surface area (TPSA) is 149 Å². The SMILES string of the molecule is N#Cc1ncccc1S(=O)(=O)Nc1cc(C(=O)O)[nH]n1. The van der Waals surface area contributed by atoms with Crippen molar-refractivity contribution >= 4 is 21.8 Å². The molecule has 0 saturated heterocycles. The average molecular weight is 293 g/mol. The number of aromatic carboxylic acids is 1. The number of nitriles is 1. The van der Waals surface area contributed by atoms with Crippen LogP contribution in [0.2, 0.25) is 0 Å². The molecule has 102 valence electrons. The standard InChI is InChI=1S/C10H7N5O4S/c11-5-7-8(2-1-3-12-7)20(18,19)15-9-4-6(10(16)17)13-14-9/h1-4H,(H,16,17)(H2,13,14,15). The Morgan fingerprint density at radius 1 is 1.50 bits per heavy atom. The van der Waals surface area contributed by atoms with Gasteiger partial charge in [-0.25, -0.2) is 18.2 Å². The molecule has 0 aliphatic rings. The number of sulfonamides is 1. The van der Waals surface area contributed by atoms with Crippen molar-refractivity contribution in [2.75, 3.05) is 4.72 Å². The summed E-state index contributed by atoms with van der Waals surface area (Å²) >= 11 is 0. The third-order valence-electron chi connectivity index (χ3n) is 2.21. The van der Waals surface area contributed by atoms with E-state index in [1.165, 1.54) is 18.3 Å². The highest BCUT2D eigenvalue weighted by atomic mass is 32.2. The largest absolute Gasteiger partial charge is 0.477 e. The Balaban J connectivity index is 2.36. The molecule has 10 heteroatoms. The van der Waals surface area contributed by atoms with E-state index in [0.29, 0.717) is 0 Å². The van der Waals surface area contributed by atoms with Gasteiger partial charge in [0.05, 0.1) is 0 Å². The van der Waals surface area contributed by atoms with Crippen LogP contribution in [0, 0.1) is 11.3 Å². The van der Waals surface area contributed by atoms with Gasteiger partial charge in [-0.1, -0.05) is 0 Å². The van der Waals surface area contributed by atoms with Gasteiger partial charge in [0, 0.05) is 12.3 Å². The predicted octanol–water partition coefficient (Wildman–Crippen LogP) is 0.175. The van der Waals surface area contributed by atoms with Crippen LogP contribution in [0.3, 0.4) is 0 Å². The summed E-state index contributed by atoms with van der Waals surface area (Å²) in [5.74, 6) is -1.47. The molecule has 2 aromatic heterocycles. The fourth-order valence-electron chi connectivity index (χ4n) is 1.37. The lowest BCUT2D eigenvalue weighted by molar-refractivity contribution is 0.0690. The van der Waals surface area contributed by atoms with Crippen LogP contribution in [0.5, 0.6) is 0 Å². The molecular weight excluding hydrogens is 286 g/mol. The van der Waals surface area contributed by atoms with Crippen LogP contribution in [0.4, 0.5) is 5.82 Å². The molecule has 0 aliphatic carbocycles. The molecule has 0 saturated carbocycles. The van der Waals surface area contributed by atoms with Gasteiger partial charge in [0.1, 0.15) is 16.7 Å². The number of aromatic amines is 1. The number of carboxylic acids is 1. The molecule has 20 heavy (non-hydrogen) atoms. The second kappa shape index (κ2) is 4.98. The van der Waals surface area contributed by atoms with E-state index in [1.807, 2.05) is 0 Å². The maximum absolute atomic E-state index is 12.1. The van der Waals surface area contributed by atoms with Crippen LogP contribution in [0.15, 0.2) is 29.3 Å². The number of anilines is 1. The van der Waals surface area contributed by atoms with Crippen molar-refractivity contribution in [2.24, 2.45) is 0 Å². The van der Waals surface area contributed by atoms with Gasteiger partial charge >= 0.3 is 5.97 Å². The minimum atomic E-state index is -4.08. The second-order valence-electron chi connectivity index (χ2n) is 3.54. The first kappa shape index (κ1) is 13.5. The van der Waals surface area contributed by atoms with Crippen molar-refractivity contribution in [1.29, 1.82) is 5.26 Å². The van der Waals surface area contributed by atoms with Gasteiger partial charge in [-0.15, -0.1) is 0 Å². The third kappa shape index (κ3) is 2.57. The molecule has 0 amide bonds. The molecule has 0 unspecified atom stereocenters. The molecule has 3 N–H and O–H groups in total. The van der Waals surface area contributed by atoms with E-state index in [2.05, 4.69) is 19.9 Å². The van der Waals surface area contributed by atoms with E-state index < -0.39 is 16.0 Å². The molecule has 0 spiro atoms.